The lowest BCUT2D eigenvalue weighted by Crippen LogP contribution is -2.43. The van der Waals surface area contributed by atoms with Gasteiger partial charge in [0.1, 0.15) is 5.54 Å². The Hall–Kier alpha value is -1.83. The second-order valence-electron chi connectivity index (χ2n) is 8.29. The number of guanidine groups is 1. The van der Waals surface area contributed by atoms with Crippen LogP contribution in [-0.4, -0.2) is 90.0 Å². The molecule has 0 saturated carbocycles. The monoisotopic (exact) mass is 392 g/mol. The van der Waals surface area contributed by atoms with Crippen molar-refractivity contribution in [2.24, 2.45) is 4.99 Å². The lowest BCUT2D eigenvalue weighted by atomic mass is 9.99. The number of aliphatic imine (C=N–C) groups is 1. The van der Waals surface area contributed by atoms with E-state index in [0.717, 1.165) is 25.6 Å². The minimum Gasteiger partial charge on any atom is -0.357 e. The van der Waals surface area contributed by atoms with Crippen LogP contribution >= 0.6 is 0 Å². The Morgan fingerprint density at radius 1 is 1.25 bits per heavy atom. The zero-order valence-electron chi connectivity index (χ0n) is 17.7. The van der Waals surface area contributed by atoms with E-state index in [1.54, 1.807) is 6.92 Å². The minimum atomic E-state index is -0.755. The highest BCUT2D eigenvalue weighted by Crippen LogP contribution is 2.22. The van der Waals surface area contributed by atoms with Gasteiger partial charge in [0.2, 0.25) is 0 Å². The lowest BCUT2D eigenvalue weighted by molar-refractivity contribution is -0.130. The second-order valence-corrected chi connectivity index (χ2v) is 8.29. The van der Waals surface area contributed by atoms with Crippen LogP contribution in [0.15, 0.2) is 4.99 Å². The standard InChI is InChI=1S/C20H36N6O2/c1-4-20(3)17(27)26(19(28)23-20)13-8-10-22-18(21-5-2)25-14-9-16(15-25)24-11-6-7-12-24/h16H,4-15H2,1-3H3,(H,21,22)(H,23,28). The van der Waals surface area contributed by atoms with Crippen molar-refractivity contribution in [3.05, 3.63) is 0 Å². The highest BCUT2D eigenvalue weighted by molar-refractivity contribution is 6.06. The fourth-order valence-electron chi connectivity index (χ4n) is 4.37. The number of amides is 3. The third-order valence-electron chi connectivity index (χ3n) is 6.31. The summed E-state index contributed by atoms with van der Waals surface area (Å²) in [5.74, 6) is 0.837. The van der Waals surface area contributed by atoms with E-state index in [4.69, 9.17) is 4.99 Å². The van der Waals surface area contributed by atoms with Gasteiger partial charge in [0.05, 0.1) is 0 Å². The van der Waals surface area contributed by atoms with Crippen LogP contribution in [0.3, 0.4) is 0 Å². The number of urea groups is 1. The molecular formula is C20H36N6O2. The van der Waals surface area contributed by atoms with Gasteiger partial charge >= 0.3 is 6.03 Å². The van der Waals surface area contributed by atoms with E-state index < -0.39 is 5.54 Å². The van der Waals surface area contributed by atoms with E-state index in [9.17, 15) is 9.59 Å². The molecule has 3 aliphatic heterocycles. The predicted molar refractivity (Wildman–Crippen MR) is 110 cm³/mol. The van der Waals surface area contributed by atoms with E-state index in [1.165, 1.54) is 37.3 Å². The number of imide groups is 1. The molecule has 0 bridgehead atoms. The molecule has 0 aromatic carbocycles. The molecule has 0 spiro atoms. The average molecular weight is 393 g/mol. The molecule has 0 aromatic heterocycles. The van der Waals surface area contributed by atoms with Crippen LogP contribution < -0.4 is 10.6 Å². The van der Waals surface area contributed by atoms with Gasteiger partial charge in [-0.1, -0.05) is 6.92 Å². The zero-order chi connectivity index (χ0) is 20.1. The van der Waals surface area contributed by atoms with Crippen molar-refractivity contribution in [2.75, 3.05) is 45.8 Å². The highest BCUT2D eigenvalue weighted by Gasteiger charge is 2.45. The van der Waals surface area contributed by atoms with Gasteiger partial charge in [-0.05, 0) is 59.0 Å². The topological polar surface area (TPSA) is 80.3 Å². The molecule has 3 fully saturated rings. The van der Waals surface area contributed by atoms with E-state index in [1.807, 2.05) is 6.92 Å². The van der Waals surface area contributed by atoms with Crippen molar-refractivity contribution in [1.82, 2.24) is 25.3 Å². The fourth-order valence-corrected chi connectivity index (χ4v) is 4.37. The minimum absolute atomic E-state index is 0.121. The van der Waals surface area contributed by atoms with Crippen LogP contribution in [0.2, 0.25) is 0 Å². The van der Waals surface area contributed by atoms with Gasteiger partial charge in [-0.2, -0.15) is 0 Å². The molecule has 0 radical (unpaired) electrons. The summed E-state index contributed by atoms with van der Waals surface area (Å²) in [7, 11) is 0. The molecule has 28 heavy (non-hydrogen) atoms. The van der Waals surface area contributed by atoms with Crippen molar-refractivity contribution in [1.29, 1.82) is 0 Å². The maximum atomic E-state index is 12.5. The first-order valence-corrected chi connectivity index (χ1v) is 10.9. The maximum absolute atomic E-state index is 12.5. The molecule has 8 nitrogen and oxygen atoms in total. The molecule has 0 aliphatic carbocycles. The van der Waals surface area contributed by atoms with Gasteiger partial charge < -0.3 is 15.5 Å². The van der Waals surface area contributed by atoms with Crippen LogP contribution in [0.5, 0.6) is 0 Å². The molecule has 8 heteroatoms. The fraction of sp³-hybridized carbons (Fsp3) is 0.850. The van der Waals surface area contributed by atoms with Gasteiger partial charge in [0.25, 0.3) is 5.91 Å². The van der Waals surface area contributed by atoms with Crippen LogP contribution in [0.4, 0.5) is 4.79 Å². The molecule has 2 N–H and O–H groups in total. The van der Waals surface area contributed by atoms with Gasteiger partial charge in [-0.25, -0.2) is 4.79 Å². The Bertz CT molecular complexity index is 604. The summed E-state index contributed by atoms with van der Waals surface area (Å²) < 4.78 is 0. The lowest BCUT2D eigenvalue weighted by Gasteiger charge is -2.25. The number of hydrogen-bond donors (Lipinski definition) is 2. The summed E-state index contributed by atoms with van der Waals surface area (Å²) in [6, 6.07) is 0.363. The molecule has 3 saturated heterocycles. The Morgan fingerprint density at radius 3 is 2.64 bits per heavy atom. The number of nitrogens with zero attached hydrogens (tertiary/aromatic N) is 4. The van der Waals surface area contributed by atoms with Gasteiger partial charge in [0.15, 0.2) is 5.96 Å². The van der Waals surface area contributed by atoms with Crippen LogP contribution in [0.25, 0.3) is 0 Å². The number of likely N-dealkylation sites (tertiary alicyclic amines) is 2. The van der Waals surface area contributed by atoms with Crippen molar-refractivity contribution >= 4 is 17.9 Å². The summed E-state index contributed by atoms with van der Waals surface area (Å²) in [6.07, 6.45) is 5.12. The molecule has 2 unspecified atom stereocenters. The first-order valence-electron chi connectivity index (χ1n) is 10.9. The SMILES string of the molecule is CCNC(=NCCCN1C(=O)NC(C)(CC)C1=O)N1CCC(N2CCCC2)C1. The molecule has 3 heterocycles. The van der Waals surface area contributed by atoms with Crippen LogP contribution in [0, 0.1) is 0 Å². The average Bonchev–Trinajstić information content (AvgIpc) is 3.40. The van der Waals surface area contributed by atoms with Gasteiger partial charge in [0, 0.05) is 38.8 Å². The zero-order valence-corrected chi connectivity index (χ0v) is 17.7. The van der Waals surface area contributed by atoms with Crippen molar-refractivity contribution in [2.45, 2.75) is 64.5 Å². The third kappa shape index (κ3) is 4.42. The number of carbonyl (C=O) groups excluding carboxylic acids is 2. The Balaban J connectivity index is 1.50. The Kier molecular flexibility index (Phi) is 6.80. The summed E-state index contributed by atoms with van der Waals surface area (Å²) in [5.41, 5.74) is -0.755. The molecule has 158 valence electrons. The predicted octanol–water partition coefficient (Wildman–Crippen LogP) is 1.23. The molecule has 3 aliphatic rings. The smallest absolute Gasteiger partial charge is 0.325 e. The Labute approximate surface area is 168 Å². The second kappa shape index (κ2) is 9.11. The molecular weight excluding hydrogens is 356 g/mol. The van der Waals surface area contributed by atoms with E-state index in [0.29, 0.717) is 32.0 Å². The normalized spacial score (nSPS) is 29.1. The maximum Gasteiger partial charge on any atom is 0.325 e. The third-order valence-corrected chi connectivity index (χ3v) is 6.31. The number of hydrogen-bond acceptors (Lipinski definition) is 4. The largest absolute Gasteiger partial charge is 0.357 e. The van der Waals surface area contributed by atoms with Crippen LogP contribution in [0.1, 0.15) is 52.9 Å². The number of rotatable bonds is 7. The summed E-state index contributed by atoms with van der Waals surface area (Å²) in [5, 5.41) is 6.20. The van der Waals surface area contributed by atoms with Crippen molar-refractivity contribution in [3.8, 4) is 0 Å². The van der Waals surface area contributed by atoms with Crippen LogP contribution in [-0.2, 0) is 4.79 Å². The Morgan fingerprint density at radius 2 is 2.00 bits per heavy atom. The molecule has 3 rings (SSSR count). The molecule has 3 amide bonds. The first-order chi connectivity index (χ1) is 13.5. The summed E-state index contributed by atoms with van der Waals surface area (Å²) in [6.45, 7) is 12.2. The quantitative estimate of drug-likeness (QED) is 0.295. The van der Waals surface area contributed by atoms with E-state index in [-0.39, 0.29) is 11.9 Å². The van der Waals surface area contributed by atoms with Gasteiger partial charge in [-0.15, -0.1) is 0 Å². The summed E-state index contributed by atoms with van der Waals surface area (Å²) >= 11 is 0. The molecule has 2 atom stereocenters. The first kappa shape index (κ1) is 20.9. The number of carbonyl (C=O) groups is 2. The van der Waals surface area contributed by atoms with E-state index >= 15 is 0 Å². The van der Waals surface area contributed by atoms with E-state index in [2.05, 4.69) is 27.4 Å². The van der Waals surface area contributed by atoms with Crippen molar-refractivity contribution < 1.29 is 9.59 Å². The van der Waals surface area contributed by atoms with Gasteiger partial charge in [-0.3, -0.25) is 19.6 Å². The molecule has 0 aromatic rings. The van der Waals surface area contributed by atoms with Crippen molar-refractivity contribution in [3.63, 3.8) is 0 Å². The summed E-state index contributed by atoms with van der Waals surface area (Å²) in [4.78, 5) is 35.6. The highest BCUT2D eigenvalue weighted by atomic mass is 16.2. The number of nitrogens with one attached hydrogen (secondary N) is 2.